The maximum absolute atomic E-state index is 11.6. The van der Waals surface area contributed by atoms with Gasteiger partial charge in [-0.05, 0) is 18.6 Å². The highest BCUT2D eigenvalue weighted by molar-refractivity contribution is 5.96. The van der Waals surface area contributed by atoms with Crippen molar-refractivity contribution in [2.24, 2.45) is 0 Å². The quantitative estimate of drug-likeness (QED) is 0.452. The highest BCUT2D eigenvalue weighted by Gasteiger charge is 2.21. The first kappa shape index (κ1) is 15.1. The molecule has 0 unspecified atom stereocenters. The molecule has 19 heavy (non-hydrogen) atoms. The van der Waals surface area contributed by atoms with Crippen LogP contribution < -0.4 is 4.74 Å². The Bertz CT molecular complexity index is 428. The van der Waals surface area contributed by atoms with Crippen LogP contribution in [0.25, 0.3) is 0 Å². The molecule has 106 valence electrons. The molecule has 0 saturated heterocycles. The van der Waals surface area contributed by atoms with Crippen LogP contribution in [0, 0.1) is 0 Å². The van der Waals surface area contributed by atoms with Gasteiger partial charge < -0.3 is 19.7 Å². The van der Waals surface area contributed by atoms with Gasteiger partial charge in [0.05, 0.1) is 13.7 Å². The maximum Gasteiger partial charge on any atom is 0.345 e. The van der Waals surface area contributed by atoms with Crippen molar-refractivity contribution in [3.05, 3.63) is 17.7 Å². The number of esters is 1. The zero-order valence-corrected chi connectivity index (χ0v) is 11.3. The zero-order chi connectivity index (χ0) is 14.3. The zero-order valence-electron chi connectivity index (χ0n) is 11.3. The van der Waals surface area contributed by atoms with E-state index in [0.29, 0.717) is 6.61 Å². The summed E-state index contributed by atoms with van der Waals surface area (Å²) in [5, 5.41) is 19.4. The molecule has 0 fully saturated rings. The number of phenols is 2. The number of methoxy groups -OCH3 is 1. The molecule has 2 N–H and O–H groups in total. The second-order valence-corrected chi connectivity index (χ2v) is 4.21. The van der Waals surface area contributed by atoms with Gasteiger partial charge in [-0.25, -0.2) is 4.79 Å². The minimum absolute atomic E-state index is 0.0247. The van der Waals surface area contributed by atoms with Crippen molar-refractivity contribution >= 4 is 5.97 Å². The molecule has 5 heteroatoms. The Hall–Kier alpha value is -1.91. The predicted molar refractivity (Wildman–Crippen MR) is 70.7 cm³/mol. The third-order valence-electron chi connectivity index (χ3n) is 2.75. The van der Waals surface area contributed by atoms with Crippen molar-refractivity contribution < 1.29 is 24.5 Å². The summed E-state index contributed by atoms with van der Waals surface area (Å²) in [6, 6.07) is 2.51. The molecule has 0 amide bonds. The second-order valence-electron chi connectivity index (χ2n) is 4.21. The SMILES string of the molecule is CCCCCCOc1c(O)ccc(O)c1C(=O)OC. The summed E-state index contributed by atoms with van der Waals surface area (Å²) in [6.45, 7) is 2.48. The van der Waals surface area contributed by atoms with E-state index in [4.69, 9.17) is 4.74 Å². The van der Waals surface area contributed by atoms with Gasteiger partial charge in [0.2, 0.25) is 0 Å². The number of benzene rings is 1. The molecule has 0 aromatic heterocycles. The van der Waals surface area contributed by atoms with Crippen LogP contribution in [0.2, 0.25) is 0 Å². The molecular weight excluding hydrogens is 248 g/mol. The molecule has 1 aromatic carbocycles. The number of carbonyl (C=O) groups is 1. The molecule has 0 aliphatic rings. The van der Waals surface area contributed by atoms with Crippen LogP contribution >= 0.6 is 0 Å². The van der Waals surface area contributed by atoms with E-state index in [1.54, 1.807) is 0 Å². The van der Waals surface area contributed by atoms with Gasteiger partial charge >= 0.3 is 5.97 Å². The van der Waals surface area contributed by atoms with E-state index in [0.717, 1.165) is 25.7 Å². The number of ether oxygens (including phenoxy) is 2. The van der Waals surface area contributed by atoms with E-state index >= 15 is 0 Å². The minimum Gasteiger partial charge on any atom is -0.507 e. The average Bonchev–Trinajstić information content (AvgIpc) is 2.41. The van der Waals surface area contributed by atoms with Crippen molar-refractivity contribution in [1.82, 2.24) is 0 Å². The first-order chi connectivity index (χ1) is 9.11. The number of unbranched alkanes of at least 4 members (excludes halogenated alkanes) is 3. The lowest BCUT2D eigenvalue weighted by Gasteiger charge is -2.13. The Morgan fingerprint density at radius 2 is 1.84 bits per heavy atom. The molecule has 0 heterocycles. The minimum atomic E-state index is -0.739. The number of rotatable bonds is 7. The summed E-state index contributed by atoms with van der Waals surface area (Å²) in [5.74, 6) is -1.22. The van der Waals surface area contributed by atoms with Gasteiger partial charge in [-0.2, -0.15) is 0 Å². The fourth-order valence-electron chi connectivity index (χ4n) is 1.71. The molecule has 0 bridgehead atoms. The van der Waals surface area contributed by atoms with Crippen LogP contribution in [0.3, 0.4) is 0 Å². The molecule has 0 atom stereocenters. The molecule has 0 spiro atoms. The number of aromatic hydroxyl groups is 2. The first-order valence-electron chi connectivity index (χ1n) is 6.37. The standard InChI is InChI=1S/C14H20O5/c1-3-4-5-6-9-19-13-11(16)8-7-10(15)12(13)14(17)18-2/h7-8,15-16H,3-6,9H2,1-2H3. The summed E-state index contributed by atoms with van der Waals surface area (Å²) >= 11 is 0. The van der Waals surface area contributed by atoms with Gasteiger partial charge in [0.15, 0.2) is 11.5 Å². The van der Waals surface area contributed by atoms with E-state index in [2.05, 4.69) is 11.7 Å². The molecule has 0 aliphatic heterocycles. The molecular formula is C14H20O5. The fourth-order valence-corrected chi connectivity index (χ4v) is 1.71. The number of hydrogen-bond donors (Lipinski definition) is 2. The van der Waals surface area contributed by atoms with Crippen LogP contribution in [0.1, 0.15) is 43.0 Å². The highest BCUT2D eigenvalue weighted by atomic mass is 16.5. The van der Waals surface area contributed by atoms with Crippen molar-refractivity contribution in [3.8, 4) is 17.2 Å². The fraction of sp³-hybridized carbons (Fsp3) is 0.500. The summed E-state index contributed by atoms with van der Waals surface area (Å²) in [7, 11) is 1.21. The maximum atomic E-state index is 11.6. The Labute approximate surface area is 112 Å². The third-order valence-corrected chi connectivity index (χ3v) is 2.75. The molecule has 0 radical (unpaired) electrons. The molecule has 0 saturated carbocycles. The molecule has 0 aliphatic carbocycles. The van der Waals surface area contributed by atoms with Crippen molar-refractivity contribution in [2.45, 2.75) is 32.6 Å². The van der Waals surface area contributed by atoms with Crippen LogP contribution in [-0.2, 0) is 4.74 Å². The highest BCUT2D eigenvalue weighted by Crippen LogP contribution is 2.36. The molecule has 1 rings (SSSR count). The number of carbonyl (C=O) groups excluding carboxylic acids is 1. The van der Waals surface area contributed by atoms with Gasteiger partial charge in [0.25, 0.3) is 0 Å². The predicted octanol–water partition coefficient (Wildman–Crippen LogP) is 2.84. The lowest BCUT2D eigenvalue weighted by molar-refractivity contribution is 0.0591. The smallest absolute Gasteiger partial charge is 0.345 e. The van der Waals surface area contributed by atoms with Crippen LogP contribution in [-0.4, -0.2) is 29.9 Å². The summed E-state index contributed by atoms with van der Waals surface area (Å²) < 4.78 is 9.98. The van der Waals surface area contributed by atoms with Gasteiger partial charge in [-0.1, -0.05) is 26.2 Å². The van der Waals surface area contributed by atoms with Crippen molar-refractivity contribution in [3.63, 3.8) is 0 Å². The monoisotopic (exact) mass is 268 g/mol. The van der Waals surface area contributed by atoms with Gasteiger partial charge in [-0.3, -0.25) is 0 Å². The van der Waals surface area contributed by atoms with Gasteiger partial charge in [0, 0.05) is 0 Å². The van der Waals surface area contributed by atoms with Crippen molar-refractivity contribution in [1.29, 1.82) is 0 Å². The second kappa shape index (κ2) is 7.51. The Morgan fingerprint density at radius 3 is 2.47 bits per heavy atom. The number of hydrogen-bond acceptors (Lipinski definition) is 5. The summed E-state index contributed by atoms with van der Waals surface area (Å²) in [6.07, 6.45) is 4.07. The van der Waals surface area contributed by atoms with Gasteiger partial charge in [0.1, 0.15) is 11.3 Å². The summed E-state index contributed by atoms with van der Waals surface area (Å²) in [4.78, 5) is 11.6. The Kier molecular flexibility index (Phi) is 5.99. The molecule has 1 aromatic rings. The third kappa shape index (κ3) is 4.05. The topological polar surface area (TPSA) is 76.0 Å². The van der Waals surface area contributed by atoms with Gasteiger partial charge in [-0.15, -0.1) is 0 Å². The Balaban J connectivity index is 2.80. The first-order valence-corrected chi connectivity index (χ1v) is 6.37. The van der Waals surface area contributed by atoms with Crippen LogP contribution in [0.15, 0.2) is 12.1 Å². The van der Waals surface area contributed by atoms with E-state index in [1.165, 1.54) is 19.2 Å². The normalized spacial score (nSPS) is 10.2. The largest absolute Gasteiger partial charge is 0.507 e. The lowest BCUT2D eigenvalue weighted by Crippen LogP contribution is -2.07. The van der Waals surface area contributed by atoms with E-state index in [-0.39, 0.29) is 22.8 Å². The Morgan fingerprint density at radius 1 is 1.16 bits per heavy atom. The van der Waals surface area contributed by atoms with Crippen molar-refractivity contribution in [2.75, 3.05) is 13.7 Å². The van der Waals surface area contributed by atoms with E-state index in [1.807, 2.05) is 0 Å². The van der Waals surface area contributed by atoms with E-state index in [9.17, 15) is 15.0 Å². The lowest BCUT2D eigenvalue weighted by atomic mass is 10.1. The number of phenolic OH excluding ortho intramolecular Hbond substituents is 2. The average molecular weight is 268 g/mol. The molecule has 5 nitrogen and oxygen atoms in total. The van der Waals surface area contributed by atoms with Crippen LogP contribution in [0.4, 0.5) is 0 Å². The van der Waals surface area contributed by atoms with Crippen LogP contribution in [0.5, 0.6) is 17.2 Å². The summed E-state index contributed by atoms with van der Waals surface area (Å²) in [5.41, 5.74) is -0.141. The van der Waals surface area contributed by atoms with E-state index < -0.39 is 5.97 Å².